The highest BCUT2D eigenvalue weighted by atomic mass is 32.1. The van der Waals surface area contributed by atoms with E-state index in [0.29, 0.717) is 17.5 Å². The number of nitrogens with zero attached hydrogens (tertiary/aromatic N) is 5. The molecule has 7 aromatic carbocycles. The molecule has 0 aliphatic heterocycles. The monoisotopic (exact) mass is 697 g/mol. The van der Waals surface area contributed by atoms with Crippen molar-refractivity contribution in [2.24, 2.45) is 0 Å². The van der Waals surface area contributed by atoms with Crippen LogP contribution in [0.25, 0.3) is 104 Å². The molecule has 0 saturated heterocycles. The maximum absolute atomic E-state index is 6.22. The highest BCUT2D eigenvalue weighted by molar-refractivity contribution is 7.21. The summed E-state index contributed by atoms with van der Waals surface area (Å²) in [5.74, 6) is 1.81. The van der Waals surface area contributed by atoms with Gasteiger partial charge in [0.05, 0.1) is 21.3 Å². The van der Waals surface area contributed by atoms with Crippen LogP contribution in [0.2, 0.25) is 0 Å². The quantitative estimate of drug-likeness (QED) is 0.179. The number of aromatic nitrogens is 5. The summed E-state index contributed by atoms with van der Waals surface area (Å²) in [4.78, 5) is 20.1. The molecular weight excluding hydrogens is 671 g/mol. The molecule has 4 aromatic heterocycles. The third-order valence-corrected chi connectivity index (χ3v) is 11.0. The zero-order chi connectivity index (χ0) is 34.9. The van der Waals surface area contributed by atoms with Crippen LogP contribution < -0.4 is 0 Å². The van der Waals surface area contributed by atoms with Gasteiger partial charge in [0.25, 0.3) is 0 Å². The molecule has 0 N–H and O–H groups in total. The molecule has 0 saturated carbocycles. The fourth-order valence-electron chi connectivity index (χ4n) is 7.44. The first-order valence-electron chi connectivity index (χ1n) is 17.5. The van der Waals surface area contributed by atoms with Gasteiger partial charge in [-0.05, 0) is 60.7 Å². The lowest BCUT2D eigenvalue weighted by molar-refractivity contribution is 0.669. The predicted octanol–water partition coefficient (Wildman–Crippen LogP) is 12.1. The van der Waals surface area contributed by atoms with Gasteiger partial charge >= 0.3 is 0 Å². The minimum atomic E-state index is 0.597. The molecule has 4 heterocycles. The molecular formula is C46H27N5OS. The topological polar surface area (TPSA) is 69.6 Å². The van der Waals surface area contributed by atoms with Crippen LogP contribution in [0, 0.1) is 0 Å². The first-order valence-corrected chi connectivity index (χ1v) is 18.3. The lowest BCUT2D eigenvalue weighted by atomic mass is 10.1. The second-order valence-corrected chi connectivity index (χ2v) is 14.1. The third-order valence-electron chi connectivity index (χ3n) is 9.91. The van der Waals surface area contributed by atoms with E-state index in [4.69, 9.17) is 24.4 Å². The van der Waals surface area contributed by atoms with E-state index in [0.717, 1.165) is 71.4 Å². The van der Waals surface area contributed by atoms with E-state index in [-0.39, 0.29) is 0 Å². The minimum Gasteiger partial charge on any atom is -0.456 e. The van der Waals surface area contributed by atoms with Gasteiger partial charge in [0.1, 0.15) is 16.2 Å². The Morgan fingerprint density at radius 1 is 0.453 bits per heavy atom. The van der Waals surface area contributed by atoms with Crippen molar-refractivity contribution in [3.8, 4) is 50.4 Å². The molecule has 7 heteroatoms. The Hall–Kier alpha value is -6.96. The van der Waals surface area contributed by atoms with Crippen LogP contribution in [0.3, 0.4) is 0 Å². The summed E-state index contributed by atoms with van der Waals surface area (Å²) in [6.45, 7) is 0. The maximum atomic E-state index is 6.22. The van der Waals surface area contributed by atoms with Crippen molar-refractivity contribution < 1.29 is 4.42 Å². The Morgan fingerprint density at radius 3 is 1.96 bits per heavy atom. The van der Waals surface area contributed by atoms with E-state index in [1.807, 2.05) is 66.7 Å². The maximum Gasteiger partial charge on any atom is 0.164 e. The number of benzene rings is 7. The molecule has 0 bridgehead atoms. The normalized spacial score (nSPS) is 11.8. The molecule has 11 rings (SSSR count). The second-order valence-electron chi connectivity index (χ2n) is 13.1. The fraction of sp³-hybridized carbons (Fsp3) is 0. The Morgan fingerprint density at radius 2 is 1.11 bits per heavy atom. The van der Waals surface area contributed by atoms with Crippen molar-refractivity contribution in [3.05, 3.63) is 164 Å². The summed E-state index contributed by atoms with van der Waals surface area (Å²) >= 11 is 1.72. The molecule has 248 valence electrons. The van der Waals surface area contributed by atoms with Gasteiger partial charge in [-0.15, -0.1) is 11.3 Å². The largest absolute Gasteiger partial charge is 0.456 e. The smallest absolute Gasteiger partial charge is 0.164 e. The number of furan rings is 1. The van der Waals surface area contributed by atoms with Crippen LogP contribution in [0.5, 0.6) is 0 Å². The Balaban J connectivity index is 1.06. The van der Waals surface area contributed by atoms with E-state index in [9.17, 15) is 0 Å². The Bertz CT molecular complexity index is 3140. The molecule has 0 aliphatic carbocycles. The van der Waals surface area contributed by atoms with Gasteiger partial charge in [0, 0.05) is 49.5 Å². The Labute approximate surface area is 307 Å². The van der Waals surface area contributed by atoms with Crippen LogP contribution in [-0.4, -0.2) is 24.5 Å². The lowest BCUT2D eigenvalue weighted by Gasteiger charge is -2.11. The first kappa shape index (κ1) is 29.7. The number of hydrogen-bond donors (Lipinski definition) is 0. The number of thiazole rings is 1. The summed E-state index contributed by atoms with van der Waals surface area (Å²) in [7, 11) is 0. The van der Waals surface area contributed by atoms with Crippen molar-refractivity contribution >= 4 is 65.3 Å². The van der Waals surface area contributed by atoms with Gasteiger partial charge in [-0.1, -0.05) is 103 Å². The van der Waals surface area contributed by atoms with Crippen LogP contribution in [-0.2, 0) is 0 Å². The van der Waals surface area contributed by atoms with Crippen LogP contribution in [0.15, 0.2) is 168 Å². The van der Waals surface area contributed by atoms with Gasteiger partial charge in [-0.25, -0.2) is 19.9 Å². The number of rotatable bonds is 5. The molecule has 53 heavy (non-hydrogen) atoms. The molecule has 11 aromatic rings. The second kappa shape index (κ2) is 11.8. The van der Waals surface area contributed by atoms with Crippen LogP contribution >= 0.6 is 11.3 Å². The number of fused-ring (bicyclic) bond motifs is 7. The molecule has 0 radical (unpaired) electrons. The molecule has 6 nitrogen and oxygen atoms in total. The van der Waals surface area contributed by atoms with E-state index < -0.39 is 0 Å². The summed E-state index contributed by atoms with van der Waals surface area (Å²) in [6.07, 6.45) is 0. The predicted molar refractivity (Wildman–Crippen MR) is 216 cm³/mol. The average molecular weight is 698 g/mol. The lowest BCUT2D eigenvalue weighted by Crippen LogP contribution is -2.01. The average Bonchev–Trinajstić information content (AvgIpc) is 3.93. The molecule has 0 atom stereocenters. The number of hydrogen-bond acceptors (Lipinski definition) is 6. The molecule has 0 unspecified atom stereocenters. The molecule has 0 amide bonds. The van der Waals surface area contributed by atoms with E-state index in [1.165, 1.54) is 15.5 Å². The summed E-state index contributed by atoms with van der Waals surface area (Å²) in [5, 5.41) is 5.44. The van der Waals surface area contributed by atoms with Gasteiger partial charge < -0.3 is 8.98 Å². The molecule has 0 spiro atoms. The van der Waals surface area contributed by atoms with Crippen LogP contribution in [0.4, 0.5) is 0 Å². The van der Waals surface area contributed by atoms with Crippen molar-refractivity contribution in [2.75, 3.05) is 0 Å². The van der Waals surface area contributed by atoms with Gasteiger partial charge in [0.2, 0.25) is 0 Å². The Kier molecular flexibility index (Phi) is 6.62. The fourth-order valence-corrected chi connectivity index (χ4v) is 8.40. The first-order chi connectivity index (χ1) is 26.2. The van der Waals surface area contributed by atoms with E-state index in [1.54, 1.807) is 11.3 Å². The van der Waals surface area contributed by atoms with Crippen molar-refractivity contribution in [2.45, 2.75) is 0 Å². The van der Waals surface area contributed by atoms with Crippen molar-refractivity contribution in [1.82, 2.24) is 24.5 Å². The zero-order valence-electron chi connectivity index (χ0n) is 28.1. The SMILES string of the molecule is c1ccc(-c2nc(-c3ccc(-n4c5ccccc5c5ccc(-c6nc7ccccc7s6)cc54)cc3)nc(-c3cccc4oc5ccccc5c34)n2)cc1. The van der Waals surface area contributed by atoms with Crippen LogP contribution in [0.1, 0.15) is 0 Å². The summed E-state index contributed by atoms with van der Waals surface area (Å²) in [6, 6.07) is 56.3. The highest BCUT2D eigenvalue weighted by Crippen LogP contribution is 2.39. The highest BCUT2D eigenvalue weighted by Gasteiger charge is 2.19. The minimum absolute atomic E-state index is 0.597. The van der Waals surface area contributed by atoms with E-state index >= 15 is 0 Å². The zero-order valence-corrected chi connectivity index (χ0v) is 29.0. The number of para-hydroxylation sites is 3. The van der Waals surface area contributed by atoms with Gasteiger partial charge in [0.15, 0.2) is 17.5 Å². The van der Waals surface area contributed by atoms with Crippen molar-refractivity contribution in [3.63, 3.8) is 0 Å². The summed E-state index contributed by atoms with van der Waals surface area (Å²) in [5.41, 5.74) is 9.81. The van der Waals surface area contributed by atoms with E-state index in [2.05, 4.69) is 102 Å². The van der Waals surface area contributed by atoms with Gasteiger partial charge in [-0.2, -0.15) is 0 Å². The third kappa shape index (κ3) is 4.86. The summed E-state index contributed by atoms with van der Waals surface area (Å²) < 4.78 is 9.75. The van der Waals surface area contributed by atoms with Gasteiger partial charge in [-0.3, -0.25) is 0 Å². The van der Waals surface area contributed by atoms with Crippen molar-refractivity contribution in [1.29, 1.82) is 0 Å². The molecule has 0 aliphatic rings. The molecule has 0 fully saturated rings. The standard InChI is InChI=1S/C46H27N5OS/c1-2-11-28(12-3-1)43-48-44(50-45(49-43)35-15-10-19-40-42(35)34-14-5-8-18-39(34)52-40)29-21-24-31(25-22-29)51-37-17-7-4-13-32(37)33-26-23-30(27-38(33)51)46-47-36-16-6-9-20-41(36)53-46/h1-27H.